The summed E-state index contributed by atoms with van der Waals surface area (Å²) in [7, 11) is 0. The molecule has 0 aliphatic carbocycles. The number of hydrogen-bond donors (Lipinski definition) is 1. The summed E-state index contributed by atoms with van der Waals surface area (Å²) in [6.45, 7) is 3.21. The van der Waals surface area contributed by atoms with Crippen molar-refractivity contribution in [2.75, 3.05) is 18.4 Å². The Hall–Kier alpha value is -3.98. The van der Waals surface area contributed by atoms with E-state index in [0.717, 1.165) is 18.4 Å². The van der Waals surface area contributed by atoms with Gasteiger partial charge in [0.15, 0.2) is 11.6 Å². The number of hydrogen-bond acceptors (Lipinski definition) is 5. The average molecular weight is 522 g/mol. The van der Waals surface area contributed by atoms with E-state index in [1.54, 1.807) is 6.07 Å². The molecule has 2 amide bonds. The van der Waals surface area contributed by atoms with E-state index in [2.05, 4.69) is 15.3 Å². The van der Waals surface area contributed by atoms with Crippen LogP contribution >= 0.6 is 11.6 Å². The van der Waals surface area contributed by atoms with E-state index in [4.69, 9.17) is 16.0 Å². The number of nitrogens with zero attached hydrogens (tertiary/aromatic N) is 4. The van der Waals surface area contributed by atoms with Crippen LogP contribution in [0.2, 0.25) is 5.02 Å². The van der Waals surface area contributed by atoms with E-state index in [1.807, 2.05) is 36.1 Å². The number of likely N-dealkylation sites (tertiary alicyclic amines) is 1. The Morgan fingerprint density at radius 3 is 2.59 bits per heavy atom. The fourth-order valence-electron chi connectivity index (χ4n) is 4.51. The van der Waals surface area contributed by atoms with Gasteiger partial charge in [0.1, 0.15) is 17.8 Å². The predicted octanol–water partition coefficient (Wildman–Crippen LogP) is 5.49. The fourth-order valence-corrected chi connectivity index (χ4v) is 4.67. The van der Waals surface area contributed by atoms with Gasteiger partial charge in [-0.15, -0.1) is 0 Å². The van der Waals surface area contributed by atoms with Crippen molar-refractivity contribution in [3.05, 3.63) is 94.9 Å². The van der Waals surface area contributed by atoms with Gasteiger partial charge in [-0.05, 0) is 54.7 Å². The topological polar surface area (TPSA) is 93.3 Å². The van der Waals surface area contributed by atoms with E-state index in [9.17, 15) is 14.0 Å². The third-order valence-electron chi connectivity index (χ3n) is 6.54. The second-order valence-electron chi connectivity index (χ2n) is 8.87. The van der Waals surface area contributed by atoms with Crippen molar-refractivity contribution in [2.45, 2.75) is 32.1 Å². The lowest BCUT2D eigenvalue weighted by Crippen LogP contribution is -2.38. The van der Waals surface area contributed by atoms with Gasteiger partial charge in [0, 0.05) is 30.2 Å². The maximum absolute atomic E-state index is 14.4. The largest absolute Gasteiger partial charge is 0.448 e. The van der Waals surface area contributed by atoms with Crippen molar-refractivity contribution in [1.82, 2.24) is 19.4 Å². The van der Waals surface area contributed by atoms with Crippen LogP contribution in [0.4, 0.5) is 10.1 Å². The first-order valence-corrected chi connectivity index (χ1v) is 12.4. The molecule has 190 valence electrons. The number of oxazole rings is 1. The third-order valence-corrected chi connectivity index (χ3v) is 6.77. The molecule has 3 heterocycles. The minimum Gasteiger partial charge on any atom is -0.448 e. The van der Waals surface area contributed by atoms with Gasteiger partial charge in [0.2, 0.25) is 0 Å². The molecular weight excluding hydrogens is 497 g/mol. The molecule has 1 fully saturated rings. The van der Waals surface area contributed by atoms with Gasteiger partial charge in [0.05, 0.1) is 18.2 Å². The second-order valence-corrected chi connectivity index (χ2v) is 9.30. The molecule has 1 saturated heterocycles. The van der Waals surface area contributed by atoms with E-state index >= 15 is 0 Å². The fraction of sp³-hybridized carbons (Fsp3) is 0.259. The van der Waals surface area contributed by atoms with Crippen LogP contribution < -0.4 is 5.32 Å². The van der Waals surface area contributed by atoms with Crippen LogP contribution in [0.1, 0.15) is 58.1 Å². The van der Waals surface area contributed by atoms with Crippen LogP contribution in [-0.4, -0.2) is 44.3 Å². The number of amides is 2. The highest BCUT2D eigenvalue weighted by Crippen LogP contribution is 2.30. The van der Waals surface area contributed by atoms with Crippen LogP contribution in [0.15, 0.2) is 65.7 Å². The Labute approximate surface area is 218 Å². The lowest BCUT2D eigenvalue weighted by molar-refractivity contribution is 0.0707. The zero-order chi connectivity index (χ0) is 25.9. The van der Waals surface area contributed by atoms with Crippen LogP contribution in [-0.2, 0) is 6.42 Å². The van der Waals surface area contributed by atoms with E-state index in [-0.39, 0.29) is 22.3 Å². The predicted molar refractivity (Wildman–Crippen MR) is 137 cm³/mol. The number of halogens is 2. The minimum absolute atomic E-state index is 0.0994. The number of anilines is 1. The van der Waals surface area contributed by atoms with Crippen LogP contribution in [0.5, 0.6) is 0 Å². The number of aromatic nitrogens is 3. The van der Waals surface area contributed by atoms with Crippen molar-refractivity contribution in [3.63, 3.8) is 0 Å². The number of piperidine rings is 1. The van der Waals surface area contributed by atoms with E-state index < -0.39 is 11.7 Å². The minimum atomic E-state index is -0.552. The van der Waals surface area contributed by atoms with E-state index in [0.29, 0.717) is 42.7 Å². The zero-order valence-electron chi connectivity index (χ0n) is 20.2. The molecule has 0 radical (unpaired) electrons. The lowest BCUT2D eigenvalue weighted by atomic mass is 9.89. The third kappa shape index (κ3) is 5.27. The highest BCUT2D eigenvalue weighted by molar-refractivity contribution is 6.30. The molecule has 0 atom stereocenters. The first-order chi connectivity index (χ1) is 17.9. The maximum Gasteiger partial charge on any atom is 0.275 e. The molecule has 5 rings (SSSR count). The van der Waals surface area contributed by atoms with Crippen molar-refractivity contribution in [2.24, 2.45) is 0 Å². The van der Waals surface area contributed by atoms with Crippen LogP contribution in [0.3, 0.4) is 0 Å². The summed E-state index contributed by atoms with van der Waals surface area (Å²) in [5.41, 5.74) is 2.49. The number of nitrogens with one attached hydrogen (secondary N) is 1. The molecule has 1 aliphatic rings. The Bertz CT molecular complexity index is 1420. The number of carbonyl (C=O) groups excluding carboxylic acids is 2. The molecule has 10 heteroatoms. The zero-order valence-corrected chi connectivity index (χ0v) is 20.9. The summed E-state index contributed by atoms with van der Waals surface area (Å²) in [5.74, 6) is -0.190. The lowest BCUT2D eigenvalue weighted by Gasteiger charge is -2.31. The molecule has 0 unspecified atom stereocenters. The summed E-state index contributed by atoms with van der Waals surface area (Å²) >= 11 is 5.84. The number of benzene rings is 2. The number of imidazole rings is 1. The quantitative estimate of drug-likeness (QED) is 0.362. The average Bonchev–Trinajstić information content (AvgIpc) is 3.59. The van der Waals surface area contributed by atoms with Crippen LogP contribution in [0, 0.1) is 5.82 Å². The Balaban J connectivity index is 1.20. The Kier molecular flexibility index (Phi) is 7.05. The monoisotopic (exact) mass is 521 g/mol. The highest BCUT2D eigenvalue weighted by Gasteiger charge is 2.26. The number of carbonyl (C=O) groups is 2. The Morgan fingerprint density at radius 2 is 1.92 bits per heavy atom. The molecule has 1 aliphatic heterocycles. The summed E-state index contributed by atoms with van der Waals surface area (Å²) in [4.78, 5) is 35.7. The van der Waals surface area contributed by atoms with Gasteiger partial charge in [-0.3, -0.25) is 14.2 Å². The molecule has 1 N–H and O–H groups in total. The molecule has 8 nitrogen and oxygen atoms in total. The maximum atomic E-state index is 14.4. The molecule has 2 aromatic heterocycles. The molecule has 0 spiro atoms. The van der Waals surface area contributed by atoms with Crippen molar-refractivity contribution >= 4 is 29.1 Å². The van der Waals surface area contributed by atoms with Gasteiger partial charge in [-0.1, -0.05) is 30.7 Å². The number of rotatable bonds is 6. The van der Waals surface area contributed by atoms with Crippen molar-refractivity contribution in [1.29, 1.82) is 0 Å². The van der Waals surface area contributed by atoms with Gasteiger partial charge >= 0.3 is 0 Å². The van der Waals surface area contributed by atoms with Gasteiger partial charge in [0.25, 0.3) is 11.8 Å². The summed E-state index contributed by atoms with van der Waals surface area (Å²) in [6, 6.07) is 11.9. The van der Waals surface area contributed by atoms with Crippen LogP contribution in [0.25, 0.3) is 5.69 Å². The molecule has 2 aromatic carbocycles. The SMILES string of the molecule is CCc1nc(C(=O)N2CCC(c3ccc(NC(=O)c4cncn4-c4ccc(Cl)cc4F)cc3)CC2)co1. The standard InChI is InChI=1S/C27H25ClFN5O3/c1-2-25-32-22(15-37-25)27(36)33-11-9-18(10-12-33)17-3-6-20(7-4-17)31-26(35)24-14-30-16-34(24)23-8-5-19(28)13-21(23)29/h3-8,13-16,18H,2,9-12H2,1H3,(H,31,35). The Morgan fingerprint density at radius 1 is 1.16 bits per heavy atom. The first kappa shape index (κ1) is 24.7. The summed E-state index contributed by atoms with van der Waals surface area (Å²) in [5, 5.41) is 3.11. The second kappa shape index (κ2) is 10.6. The van der Waals surface area contributed by atoms with Gasteiger partial charge in [-0.2, -0.15) is 0 Å². The molecule has 0 saturated carbocycles. The summed E-state index contributed by atoms with van der Waals surface area (Å²) in [6.07, 6.45) is 6.51. The van der Waals surface area contributed by atoms with Gasteiger partial charge in [-0.25, -0.2) is 14.4 Å². The van der Waals surface area contributed by atoms with Gasteiger partial charge < -0.3 is 14.6 Å². The smallest absolute Gasteiger partial charge is 0.275 e. The first-order valence-electron chi connectivity index (χ1n) is 12.1. The molecule has 4 aromatic rings. The van der Waals surface area contributed by atoms with Crippen molar-refractivity contribution < 1.29 is 18.4 Å². The molecule has 37 heavy (non-hydrogen) atoms. The highest BCUT2D eigenvalue weighted by atomic mass is 35.5. The number of aryl methyl sites for hydroxylation is 1. The molecular formula is C27H25ClFN5O3. The molecule has 0 bridgehead atoms. The normalized spacial score (nSPS) is 14.1. The van der Waals surface area contributed by atoms with E-state index in [1.165, 1.54) is 35.5 Å². The summed E-state index contributed by atoms with van der Waals surface area (Å²) < 4.78 is 21.1. The van der Waals surface area contributed by atoms with Crippen molar-refractivity contribution in [3.8, 4) is 5.69 Å².